The summed E-state index contributed by atoms with van der Waals surface area (Å²) in [6.07, 6.45) is 0. The number of benzene rings is 9. The van der Waals surface area contributed by atoms with E-state index in [1.54, 1.807) is 0 Å². The molecule has 0 saturated heterocycles. The molecule has 0 unspecified atom stereocenters. The zero-order valence-electron chi connectivity index (χ0n) is 31.3. The van der Waals surface area contributed by atoms with Crippen LogP contribution in [0, 0.1) is 0 Å². The fraction of sp³-hybridized carbons (Fsp3) is 0. The lowest BCUT2D eigenvalue weighted by Crippen LogP contribution is -2.74. The molecule has 0 spiro atoms. The number of hydrogen-bond acceptors (Lipinski definition) is 0. The Labute approximate surface area is 333 Å². The summed E-state index contributed by atoms with van der Waals surface area (Å²) < 4.78 is 5.01. The Kier molecular flexibility index (Phi) is 7.87. The van der Waals surface area contributed by atoms with Gasteiger partial charge in [-0.2, -0.15) is 0 Å². The summed E-state index contributed by atoms with van der Waals surface area (Å²) in [5.41, 5.74) is 9.48. The maximum absolute atomic E-state index is 2.87. The molecule has 0 atom stereocenters. The molecule has 11 rings (SSSR count). The van der Waals surface area contributed by atoms with Crippen LogP contribution in [0.15, 0.2) is 231 Å². The minimum atomic E-state index is -2.87. The van der Waals surface area contributed by atoms with Gasteiger partial charge in [0.25, 0.3) is 0 Å². The van der Waals surface area contributed by atoms with Crippen LogP contribution in [0.5, 0.6) is 0 Å². The minimum Gasteiger partial charge on any atom is -0.307 e. The van der Waals surface area contributed by atoms with Gasteiger partial charge in [0.2, 0.25) is 0 Å². The second kappa shape index (κ2) is 13.5. The molecular formula is C54H38N2Si. The highest BCUT2D eigenvalue weighted by atomic mass is 28.3. The molecule has 2 nitrogen and oxygen atoms in total. The SMILES string of the molecule is c1ccc(-c2cccc(-n3c4ccccc4c4cccc(-n5c6ccccc6c6c([Si](c7ccccc7)(c7ccccc7)c7ccccc7)cccc65)c43)c2)cc1. The zero-order chi connectivity index (χ0) is 37.8. The van der Waals surface area contributed by atoms with Gasteiger partial charge in [0.05, 0.1) is 27.8 Å². The van der Waals surface area contributed by atoms with E-state index < -0.39 is 8.07 Å². The van der Waals surface area contributed by atoms with Gasteiger partial charge >= 0.3 is 0 Å². The number of para-hydroxylation sites is 3. The maximum Gasteiger partial charge on any atom is 0.180 e. The van der Waals surface area contributed by atoms with Crippen LogP contribution in [0.4, 0.5) is 0 Å². The molecule has 0 aliphatic carbocycles. The molecule has 2 aromatic heterocycles. The molecule has 0 fully saturated rings. The summed E-state index contributed by atoms with van der Waals surface area (Å²) in [7, 11) is -2.87. The van der Waals surface area contributed by atoms with Crippen LogP contribution in [-0.2, 0) is 0 Å². The molecule has 0 saturated carbocycles. The van der Waals surface area contributed by atoms with Crippen LogP contribution in [-0.4, -0.2) is 17.2 Å². The smallest absolute Gasteiger partial charge is 0.180 e. The Morgan fingerprint density at radius 3 is 1.44 bits per heavy atom. The summed E-state index contributed by atoms with van der Waals surface area (Å²) >= 11 is 0. The Morgan fingerprint density at radius 2 is 0.789 bits per heavy atom. The Balaban J connectivity index is 1.27. The van der Waals surface area contributed by atoms with Gasteiger partial charge in [-0.1, -0.05) is 194 Å². The van der Waals surface area contributed by atoms with Crippen molar-refractivity contribution >= 4 is 72.4 Å². The normalized spacial score (nSPS) is 11.9. The van der Waals surface area contributed by atoms with Gasteiger partial charge in [-0.25, -0.2) is 0 Å². The van der Waals surface area contributed by atoms with Crippen LogP contribution >= 0.6 is 0 Å². The average molecular weight is 743 g/mol. The predicted molar refractivity (Wildman–Crippen MR) is 244 cm³/mol. The Morgan fingerprint density at radius 1 is 0.316 bits per heavy atom. The van der Waals surface area contributed by atoms with Gasteiger partial charge in [0, 0.05) is 27.2 Å². The van der Waals surface area contributed by atoms with Gasteiger partial charge in [-0.3, -0.25) is 0 Å². The molecule has 0 bridgehead atoms. The number of nitrogens with zero attached hydrogens (tertiary/aromatic N) is 2. The summed E-state index contributed by atoms with van der Waals surface area (Å²) in [6.45, 7) is 0. The number of rotatable bonds is 7. The van der Waals surface area contributed by atoms with E-state index in [1.165, 1.54) is 75.5 Å². The standard InChI is InChI=1S/C54H38N2Si/c1-5-20-39(21-6-1)40-22-17-23-41(38-40)55-48-33-15-13-30-45(48)46-32-18-36-51(54(46)55)56-49-34-16-14-31-47(49)53-50(56)35-19-37-52(53)57(42-24-7-2-8-25-42,43-26-9-3-10-27-43)44-28-11-4-12-29-44/h1-38H. The van der Waals surface area contributed by atoms with E-state index in [-0.39, 0.29) is 0 Å². The van der Waals surface area contributed by atoms with Crippen molar-refractivity contribution in [3.63, 3.8) is 0 Å². The lowest BCUT2D eigenvalue weighted by atomic mass is 10.1. The van der Waals surface area contributed by atoms with Gasteiger partial charge in [-0.05, 0) is 68.3 Å². The molecule has 3 heteroatoms. The van der Waals surface area contributed by atoms with Crippen molar-refractivity contribution in [2.24, 2.45) is 0 Å². The third kappa shape index (κ3) is 5.10. The molecular weight excluding hydrogens is 705 g/mol. The summed E-state index contributed by atoms with van der Waals surface area (Å²) in [4.78, 5) is 0. The summed E-state index contributed by atoms with van der Waals surface area (Å²) in [5.74, 6) is 0. The Bertz CT molecular complexity index is 3120. The first-order chi connectivity index (χ1) is 28.3. The van der Waals surface area contributed by atoms with Crippen molar-refractivity contribution in [1.82, 2.24) is 9.13 Å². The van der Waals surface area contributed by atoms with Crippen LogP contribution < -0.4 is 20.7 Å². The molecule has 0 radical (unpaired) electrons. The van der Waals surface area contributed by atoms with Crippen molar-refractivity contribution < 1.29 is 0 Å². The van der Waals surface area contributed by atoms with Crippen molar-refractivity contribution in [2.75, 3.05) is 0 Å². The second-order valence-electron chi connectivity index (χ2n) is 14.8. The highest BCUT2D eigenvalue weighted by Crippen LogP contribution is 2.40. The zero-order valence-corrected chi connectivity index (χ0v) is 32.3. The topological polar surface area (TPSA) is 9.86 Å². The lowest BCUT2D eigenvalue weighted by molar-refractivity contribution is 1.13. The van der Waals surface area contributed by atoms with Crippen molar-refractivity contribution in [1.29, 1.82) is 0 Å². The first kappa shape index (κ1) is 33.2. The summed E-state index contributed by atoms with van der Waals surface area (Å²) in [5, 5.41) is 10.5. The predicted octanol–water partition coefficient (Wildman–Crippen LogP) is 10.9. The van der Waals surface area contributed by atoms with Crippen LogP contribution in [0.25, 0.3) is 66.1 Å². The largest absolute Gasteiger partial charge is 0.307 e. The van der Waals surface area contributed by atoms with E-state index in [2.05, 4.69) is 240 Å². The van der Waals surface area contributed by atoms with Gasteiger partial charge < -0.3 is 9.13 Å². The second-order valence-corrected chi connectivity index (χ2v) is 18.6. The molecule has 2 heterocycles. The molecule has 11 aromatic rings. The maximum atomic E-state index is 2.53. The van der Waals surface area contributed by atoms with E-state index in [1.807, 2.05) is 0 Å². The molecule has 0 amide bonds. The van der Waals surface area contributed by atoms with Crippen molar-refractivity contribution in [3.05, 3.63) is 231 Å². The molecule has 268 valence electrons. The van der Waals surface area contributed by atoms with Gasteiger partial charge in [-0.15, -0.1) is 0 Å². The minimum absolute atomic E-state index is 1.14. The highest BCUT2D eigenvalue weighted by molar-refractivity contribution is 7.20. The monoisotopic (exact) mass is 742 g/mol. The van der Waals surface area contributed by atoms with Crippen LogP contribution in [0.1, 0.15) is 0 Å². The van der Waals surface area contributed by atoms with Crippen molar-refractivity contribution in [3.8, 4) is 22.5 Å². The number of hydrogen-bond donors (Lipinski definition) is 0. The van der Waals surface area contributed by atoms with E-state index in [0.717, 1.165) is 11.4 Å². The van der Waals surface area contributed by atoms with Gasteiger partial charge in [0.15, 0.2) is 8.07 Å². The Hall–Kier alpha value is -7.20. The molecule has 9 aromatic carbocycles. The quantitative estimate of drug-likeness (QED) is 0.114. The molecule has 0 N–H and O–H groups in total. The third-order valence-corrected chi connectivity index (χ3v) is 16.7. The number of fused-ring (bicyclic) bond motifs is 6. The third-order valence-electron chi connectivity index (χ3n) is 11.8. The highest BCUT2D eigenvalue weighted by Gasteiger charge is 2.43. The van der Waals surface area contributed by atoms with E-state index in [0.29, 0.717) is 0 Å². The summed E-state index contributed by atoms with van der Waals surface area (Å²) in [6, 6.07) is 85.2. The van der Waals surface area contributed by atoms with Crippen molar-refractivity contribution in [2.45, 2.75) is 0 Å². The first-order valence-electron chi connectivity index (χ1n) is 19.7. The fourth-order valence-electron chi connectivity index (χ4n) is 9.53. The van der Waals surface area contributed by atoms with Gasteiger partial charge in [0.1, 0.15) is 0 Å². The molecule has 0 aliphatic heterocycles. The number of aromatic nitrogens is 2. The van der Waals surface area contributed by atoms with E-state index >= 15 is 0 Å². The molecule has 0 aliphatic rings. The van der Waals surface area contributed by atoms with E-state index in [9.17, 15) is 0 Å². The van der Waals surface area contributed by atoms with Crippen LogP contribution in [0.2, 0.25) is 0 Å². The first-order valence-corrected chi connectivity index (χ1v) is 21.7. The lowest BCUT2D eigenvalue weighted by Gasteiger charge is -2.35. The van der Waals surface area contributed by atoms with Crippen LogP contribution in [0.3, 0.4) is 0 Å². The molecule has 57 heavy (non-hydrogen) atoms. The van der Waals surface area contributed by atoms with E-state index in [4.69, 9.17) is 0 Å². The fourth-order valence-corrected chi connectivity index (χ4v) is 14.5. The average Bonchev–Trinajstić information content (AvgIpc) is 3.82.